The Labute approximate surface area is 93.8 Å². The maximum Gasteiger partial charge on any atom is 0.139 e. The van der Waals surface area contributed by atoms with Gasteiger partial charge in [-0.05, 0) is 36.7 Å². The Morgan fingerprint density at radius 3 is 2.88 bits per heavy atom. The Morgan fingerprint density at radius 2 is 2.25 bits per heavy atom. The summed E-state index contributed by atoms with van der Waals surface area (Å²) in [4.78, 5) is 10.3. The number of hydrogen-bond acceptors (Lipinski definition) is 5. The Hall–Kier alpha value is -1.93. The fourth-order valence-electron chi connectivity index (χ4n) is 1.21. The SMILES string of the molecule is N#Cc1ccc(N=O)cc1OCCCCN. The van der Waals surface area contributed by atoms with Crippen LogP contribution in [0, 0.1) is 16.2 Å². The molecular weight excluding hydrogens is 206 g/mol. The average molecular weight is 219 g/mol. The molecule has 84 valence electrons. The minimum atomic E-state index is 0.257. The summed E-state index contributed by atoms with van der Waals surface area (Å²) in [6, 6.07) is 6.47. The zero-order chi connectivity index (χ0) is 11.8. The molecule has 0 heterocycles. The van der Waals surface area contributed by atoms with Crippen molar-refractivity contribution in [2.45, 2.75) is 12.8 Å². The van der Waals surface area contributed by atoms with Gasteiger partial charge in [0.05, 0.1) is 12.2 Å². The summed E-state index contributed by atoms with van der Waals surface area (Å²) in [6.07, 6.45) is 1.69. The lowest BCUT2D eigenvalue weighted by molar-refractivity contribution is 0.307. The second-order valence-corrected chi connectivity index (χ2v) is 3.23. The van der Waals surface area contributed by atoms with Crippen molar-refractivity contribution in [3.63, 3.8) is 0 Å². The summed E-state index contributed by atoms with van der Waals surface area (Å²) in [7, 11) is 0. The third-order valence-corrected chi connectivity index (χ3v) is 2.05. The van der Waals surface area contributed by atoms with Crippen LogP contribution in [0.5, 0.6) is 5.75 Å². The fourth-order valence-corrected chi connectivity index (χ4v) is 1.21. The Kier molecular flexibility index (Phi) is 4.96. The Balaban J connectivity index is 2.68. The van der Waals surface area contributed by atoms with Crippen LogP contribution in [-0.2, 0) is 0 Å². The molecule has 0 aliphatic heterocycles. The van der Waals surface area contributed by atoms with E-state index >= 15 is 0 Å². The van der Waals surface area contributed by atoms with Crippen molar-refractivity contribution in [2.75, 3.05) is 13.2 Å². The highest BCUT2D eigenvalue weighted by atomic mass is 16.5. The fraction of sp³-hybridized carbons (Fsp3) is 0.364. The molecule has 5 heteroatoms. The van der Waals surface area contributed by atoms with E-state index in [9.17, 15) is 4.91 Å². The van der Waals surface area contributed by atoms with E-state index < -0.39 is 0 Å². The molecule has 2 N–H and O–H groups in total. The van der Waals surface area contributed by atoms with Crippen molar-refractivity contribution < 1.29 is 4.74 Å². The molecule has 1 aromatic carbocycles. The molecule has 0 radical (unpaired) electrons. The standard InChI is InChI=1S/C11H13N3O2/c12-5-1-2-6-16-11-7-10(14-15)4-3-9(11)8-13/h3-4,7H,1-2,5-6,12H2. The number of unbranched alkanes of at least 4 members (excludes halogenated alkanes) is 1. The number of nitriles is 1. The van der Waals surface area contributed by atoms with E-state index in [1.54, 1.807) is 0 Å². The number of hydrogen-bond donors (Lipinski definition) is 1. The molecule has 0 aliphatic rings. The molecule has 5 nitrogen and oxygen atoms in total. The van der Waals surface area contributed by atoms with Crippen molar-refractivity contribution in [2.24, 2.45) is 10.9 Å². The summed E-state index contributed by atoms with van der Waals surface area (Å²) in [6.45, 7) is 1.10. The molecule has 16 heavy (non-hydrogen) atoms. The van der Waals surface area contributed by atoms with Crippen molar-refractivity contribution >= 4 is 5.69 Å². The van der Waals surface area contributed by atoms with E-state index in [4.69, 9.17) is 15.7 Å². The highest BCUT2D eigenvalue weighted by Gasteiger charge is 2.04. The van der Waals surface area contributed by atoms with Crippen molar-refractivity contribution in [3.05, 3.63) is 28.7 Å². The minimum Gasteiger partial charge on any atom is -0.492 e. The van der Waals surface area contributed by atoms with E-state index in [0.717, 1.165) is 12.8 Å². The van der Waals surface area contributed by atoms with Gasteiger partial charge in [0.1, 0.15) is 17.5 Å². The molecule has 0 saturated carbocycles. The van der Waals surface area contributed by atoms with Crippen LogP contribution < -0.4 is 10.5 Å². The lowest BCUT2D eigenvalue weighted by Gasteiger charge is -2.07. The zero-order valence-electron chi connectivity index (χ0n) is 8.85. The van der Waals surface area contributed by atoms with Gasteiger partial charge in [0.15, 0.2) is 0 Å². The van der Waals surface area contributed by atoms with Gasteiger partial charge in [-0.15, -0.1) is 4.91 Å². The van der Waals surface area contributed by atoms with Gasteiger partial charge in [0.25, 0.3) is 0 Å². The molecule has 0 aliphatic carbocycles. The third-order valence-electron chi connectivity index (χ3n) is 2.05. The van der Waals surface area contributed by atoms with Gasteiger partial charge in [-0.3, -0.25) is 0 Å². The summed E-state index contributed by atoms with van der Waals surface area (Å²) in [5.41, 5.74) is 6.01. The van der Waals surface area contributed by atoms with Crippen LogP contribution >= 0.6 is 0 Å². The molecule has 0 atom stereocenters. The summed E-state index contributed by atoms with van der Waals surface area (Å²) < 4.78 is 5.40. The third kappa shape index (κ3) is 3.33. The van der Waals surface area contributed by atoms with E-state index in [-0.39, 0.29) is 5.69 Å². The van der Waals surface area contributed by atoms with Crippen LogP contribution in [0.2, 0.25) is 0 Å². The van der Waals surface area contributed by atoms with Crippen LogP contribution in [0.15, 0.2) is 23.4 Å². The molecule has 0 fully saturated rings. The molecule has 1 aromatic rings. The first-order valence-electron chi connectivity index (χ1n) is 5.02. The zero-order valence-corrected chi connectivity index (χ0v) is 8.85. The van der Waals surface area contributed by atoms with Crippen molar-refractivity contribution in [1.82, 2.24) is 0 Å². The number of nitrogens with two attached hydrogens (primary N) is 1. The monoisotopic (exact) mass is 219 g/mol. The molecule has 1 rings (SSSR count). The largest absolute Gasteiger partial charge is 0.492 e. The van der Waals surface area contributed by atoms with E-state index in [2.05, 4.69) is 5.18 Å². The average Bonchev–Trinajstić information content (AvgIpc) is 2.34. The van der Waals surface area contributed by atoms with Crippen LogP contribution in [-0.4, -0.2) is 13.2 Å². The van der Waals surface area contributed by atoms with Crippen molar-refractivity contribution in [3.8, 4) is 11.8 Å². The lowest BCUT2D eigenvalue weighted by Crippen LogP contribution is -2.04. The van der Waals surface area contributed by atoms with Gasteiger partial charge in [0, 0.05) is 6.07 Å². The Morgan fingerprint density at radius 1 is 1.44 bits per heavy atom. The lowest BCUT2D eigenvalue weighted by atomic mass is 10.2. The maximum absolute atomic E-state index is 10.3. The number of rotatable bonds is 6. The smallest absolute Gasteiger partial charge is 0.139 e. The second kappa shape index (κ2) is 6.53. The molecular formula is C11H13N3O2. The van der Waals surface area contributed by atoms with E-state index in [1.165, 1.54) is 18.2 Å². The predicted molar refractivity (Wildman–Crippen MR) is 60.4 cm³/mol. The van der Waals surface area contributed by atoms with Gasteiger partial charge in [-0.25, -0.2) is 0 Å². The summed E-state index contributed by atoms with van der Waals surface area (Å²) in [5.74, 6) is 0.400. The highest BCUT2D eigenvalue weighted by Crippen LogP contribution is 2.24. The van der Waals surface area contributed by atoms with Crippen LogP contribution in [0.3, 0.4) is 0 Å². The Bertz CT molecular complexity index is 399. The van der Waals surface area contributed by atoms with Gasteiger partial charge < -0.3 is 10.5 Å². The predicted octanol–water partition coefficient (Wildman–Crippen LogP) is 2.07. The minimum absolute atomic E-state index is 0.257. The molecule has 0 aromatic heterocycles. The topological polar surface area (TPSA) is 88.5 Å². The van der Waals surface area contributed by atoms with Gasteiger partial charge in [-0.1, -0.05) is 0 Å². The molecule has 0 bridgehead atoms. The van der Waals surface area contributed by atoms with E-state index in [1.807, 2.05) is 6.07 Å². The second-order valence-electron chi connectivity index (χ2n) is 3.23. The molecule has 0 saturated heterocycles. The van der Waals surface area contributed by atoms with Crippen LogP contribution in [0.1, 0.15) is 18.4 Å². The maximum atomic E-state index is 10.3. The number of benzene rings is 1. The first-order chi connectivity index (χ1) is 7.81. The molecule has 0 unspecified atom stereocenters. The first kappa shape index (κ1) is 12.1. The van der Waals surface area contributed by atoms with E-state index in [0.29, 0.717) is 24.5 Å². The molecule has 0 spiro atoms. The van der Waals surface area contributed by atoms with Crippen molar-refractivity contribution in [1.29, 1.82) is 5.26 Å². The number of nitrogens with zero attached hydrogens (tertiary/aromatic N) is 2. The normalized spacial score (nSPS) is 9.50. The van der Waals surface area contributed by atoms with Gasteiger partial charge in [0.2, 0.25) is 0 Å². The summed E-state index contributed by atoms with van der Waals surface area (Å²) >= 11 is 0. The molecule has 0 amide bonds. The van der Waals surface area contributed by atoms with Gasteiger partial charge >= 0.3 is 0 Å². The van der Waals surface area contributed by atoms with Crippen LogP contribution in [0.25, 0.3) is 0 Å². The number of ether oxygens (including phenoxy) is 1. The number of nitroso groups, excluding NO2 is 1. The van der Waals surface area contributed by atoms with Crippen LogP contribution in [0.4, 0.5) is 5.69 Å². The summed E-state index contributed by atoms with van der Waals surface area (Å²) in [5, 5.41) is 11.6. The highest BCUT2D eigenvalue weighted by molar-refractivity contribution is 5.52. The first-order valence-corrected chi connectivity index (χ1v) is 5.02. The quantitative estimate of drug-likeness (QED) is 0.586. The van der Waals surface area contributed by atoms with Gasteiger partial charge in [-0.2, -0.15) is 5.26 Å².